The highest BCUT2D eigenvalue weighted by Crippen LogP contribution is 2.21. The van der Waals surface area contributed by atoms with Crippen LogP contribution in [0, 0.1) is 0 Å². The van der Waals surface area contributed by atoms with Crippen molar-refractivity contribution >= 4 is 11.8 Å². The van der Waals surface area contributed by atoms with Crippen LogP contribution < -0.4 is 10.6 Å². The summed E-state index contributed by atoms with van der Waals surface area (Å²) in [5.41, 5.74) is 3.14. The second-order valence-corrected chi connectivity index (χ2v) is 7.85. The highest BCUT2D eigenvalue weighted by Gasteiger charge is 2.23. The van der Waals surface area contributed by atoms with Gasteiger partial charge < -0.3 is 15.5 Å². The summed E-state index contributed by atoms with van der Waals surface area (Å²) in [5.74, 6) is -0.256. The fraction of sp³-hybridized carbons (Fsp3) is 0.417. The first kappa shape index (κ1) is 21.1. The minimum atomic E-state index is -0.241. The highest BCUT2D eigenvalue weighted by molar-refractivity contribution is 5.83. The Morgan fingerprint density at radius 2 is 1.62 bits per heavy atom. The Bertz CT molecular complexity index is 799. The standard InChI is InChI=1S/C24H31N3O2/c1-18(21-12-10-20(11-13-21)16-25-19(2)28)24(29)26-23(17-27-14-6-7-15-27)22-8-4-3-5-9-22/h3-5,8-13,18,23H,6-7,14-17H2,1-2H3,(H,25,28)(H,26,29). The molecule has 1 fully saturated rings. The molecule has 0 aliphatic carbocycles. The SMILES string of the molecule is CC(=O)NCc1ccc(C(C)C(=O)NC(CN2CCCC2)c2ccccc2)cc1. The van der Waals surface area contributed by atoms with Crippen molar-refractivity contribution in [3.05, 3.63) is 71.3 Å². The minimum absolute atomic E-state index is 0.0108. The van der Waals surface area contributed by atoms with Crippen molar-refractivity contribution in [2.45, 2.75) is 45.2 Å². The van der Waals surface area contributed by atoms with Crippen LogP contribution in [0.25, 0.3) is 0 Å². The molecule has 5 nitrogen and oxygen atoms in total. The lowest BCUT2D eigenvalue weighted by Crippen LogP contribution is -2.38. The summed E-state index contributed by atoms with van der Waals surface area (Å²) in [7, 11) is 0. The van der Waals surface area contributed by atoms with Gasteiger partial charge in [-0.05, 0) is 49.5 Å². The van der Waals surface area contributed by atoms with Crippen molar-refractivity contribution in [2.24, 2.45) is 0 Å². The predicted octanol–water partition coefficient (Wildman–Crippen LogP) is 3.38. The Labute approximate surface area is 173 Å². The lowest BCUT2D eigenvalue weighted by molar-refractivity contribution is -0.123. The topological polar surface area (TPSA) is 61.4 Å². The molecular weight excluding hydrogens is 362 g/mol. The Balaban J connectivity index is 1.65. The number of likely N-dealkylation sites (tertiary alicyclic amines) is 1. The lowest BCUT2D eigenvalue weighted by Gasteiger charge is -2.26. The Morgan fingerprint density at radius 3 is 2.24 bits per heavy atom. The maximum Gasteiger partial charge on any atom is 0.227 e. The van der Waals surface area contributed by atoms with Gasteiger partial charge in [0.25, 0.3) is 0 Å². The molecule has 1 aliphatic rings. The molecule has 3 rings (SSSR count). The number of benzene rings is 2. The summed E-state index contributed by atoms with van der Waals surface area (Å²) in [6, 6.07) is 18.1. The van der Waals surface area contributed by atoms with Crippen LogP contribution in [0.2, 0.25) is 0 Å². The second-order valence-electron chi connectivity index (χ2n) is 7.85. The summed E-state index contributed by atoms with van der Waals surface area (Å²) in [4.78, 5) is 26.5. The van der Waals surface area contributed by atoms with Crippen LogP contribution in [0.15, 0.2) is 54.6 Å². The molecule has 1 aliphatic heterocycles. The third kappa shape index (κ3) is 6.16. The van der Waals surface area contributed by atoms with E-state index in [-0.39, 0.29) is 23.8 Å². The Hall–Kier alpha value is -2.66. The van der Waals surface area contributed by atoms with Crippen LogP contribution in [-0.4, -0.2) is 36.3 Å². The summed E-state index contributed by atoms with van der Waals surface area (Å²) in [6.45, 7) is 7.00. The average Bonchev–Trinajstić information content (AvgIpc) is 3.25. The summed E-state index contributed by atoms with van der Waals surface area (Å²) >= 11 is 0. The van der Waals surface area contributed by atoms with Crippen LogP contribution in [0.5, 0.6) is 0 Å². The van der Waals surface area contributed by atoms with Gasteiger partial charge in [0.05, 0.1) is 12.0 Å². The number of nitrogens with one attached hydrogen (secondary N) is 2. The molecule has 2 N–H and O–H groups in total. The van der Waals surface area contributed by atoms with Gasteiger partial charge in [0.1, 0.15) is 0 Å². The normalized spacial score (nSPS) is 16.2. The maximum absolute atomic E-state index is 13.0. The smallest absolute Gasteiger partial charge is 0.227 e. The van der Waals surface area contributed by atoms with Gasteiger partial charge in [-0.1, -0.05) is 54.6 Å². The molecule has 2 aromatic carbocycles. The van der Waals surface area contributed by atoms with Crippen molar-refractivity contribution in [3.8, 4) is 0 Å². The molecule has 2 unspecified atom stereocenters. The first-order valence-electron chi connectivity index (χ1n) is 10.4. The van der Waals surface area contributed by atoms with Gasteiger partial charge in [0.2, 0.25) is 11.8 Å². The molecule has 0 saturated carbocycles. The monoisotopic (exact) mass is 393 g/mol. The van der Waals surface area contributed by atoms with E-state index in [2.05, 4.69) is 27.7 Å². The molecule has 2 atom stereocenters. The number of rotatable bonds is 8. The van der Waals surface area contributed by atoms with E-state index < -0.39 is 0 Å². The molecule has 0 spiro atoms. The van der Waals surface area contributed by atoms with Gasteiger partial charge in [-0.2, -0.15) is 0 Å². The van der Waals surface area contributed by atoms with E-state index in [1.807, 2.05) is 49.4 Å². The number of hydrogen-bond donors (Lipinski definition) is 2. The third-order valence-corrected chi connectivity index (χ3v) is 5.57. The van der Waals surface area contributed by atoms with Crippen LogP contribution in [0.3, 0.4) is 0 Å². The van der Waals surface area contributed by atoms with Crippen LogP contribution in [-0.2, 0) is 16.1 Å². The summed E-state index contributed by atoms with van der Waals surface area (Å²) in [6.07, 6.45) is 2.47. The lowest BCUT2D eigenvalue weighted by atomic mass is 9.97. The molecule has 5 heteroatoms. The number of carbonyl (C=O) groups excluding carboxylic acids is 2. The predicted molar refractivity (Wildman–Crippen MR) is 115 cm³/mol. The van der Waals surface area contributed by atoms with E-state index in [4.69, 9.17) is 0 Å². The largest absolute Gasteiger partial charge is 0.352 e. The zero-order chi connectivity index (χ0) is 20.6. The van der Waals surface area contributed by atoms with E-state index in [0.717, 1.165) is 36.3 Å². The molecule has 1 heterocycles. The van der Waals surface area contributed by atoms with Gasteiger partial charge in [-0.15, -0.1) is 0 Å². The van der Waals surface area contributed by atoms with Crippen molar-refractivity contribution < 1.29 is 9.59 Å². The van der Waals surface area contributed by atoms with Crippen LogP contribution in [0.1, 0.15) is 55.3 Å². The summed E-state index contributed by atoms with van der Waals surface area (Å²) < 4.78 is 0. The fourth-order valence-electron chi connectivity index (χ4n) is 3.74. The molecule has 2 amide bonds. The molecule has 29 heavy (non-hydrogen) atoms. The average molecular weight is 394 g/mol. The number of nitrogens with zero attached hydrogens (tertiary/aromatic N) is 1. The van der Waals surface area contributed by atoms with Crippen LogP contribution in [0.4, 0.5) is 0 Å². The van der Waals surface area contributed by atoms with Crippen molar-refractivity contribution in [1.29, 1.82) is 0 Å². The molecule has 0 bridgehead atoms. The zero-order valence-electron chi connectivity index (χ0n) is 17.4. The minimum Gasteiger partial charge on any atom is -0.352 e. The van der Waals surface area contributed by atoms with Gasteiger partial charge >= 0.3 is 0 Å². The fourth-order valence-corrected chi connectivity index (χ4v) is 3.74. The van der Waals surface area contributed by atoms with Gasteiger partial charge in [0, 0.05) is 20.0 Å². The van der Waals surface area contributed by atoms with E-state index in [9.17, 15) is 9.59 Å². The first-order chi connectivity index (χ1) is 14.0. The first-order valence-corrected chi connectivity index (χ1v) is 10.4. The Kier molecular flexibility index (Phi) is 7.42. The van der Waals surface area contributed by atoms with Gasteiger partial charge in [0.15, 0.2) is 0 Å². The zero-order valence-corrected chi connectivity index (χ0v) is 17.4. The molecule has 154 valence electrons. The number of carbonyl (C=O) groups is 2. The van der Waals surface area contributed by atoms with Crippen molar-refractivity contribution in [2.75, 3.05) is 19.6 Å². The molecule has 1 saturated heterocycles. The maximum atomic E-state index is 13.0. The molecule has 0 radical (unpaired) electrons. The van der Waals surface area contributed by atoms with E-state index in [1.165, 1.54) is 19.8 Å². The van der Waals surface area contributed by atoms with E-state index in [1.54, 1.807) is 0 Å². The Morgan fingerprint density at radius 1 is 0.966 bits per heavy atom. The molecular formula is C24H31N3O2. The molecule has 0 aromatic heterocycles. The van der Waals surface area contributed by atoms with Crippen molar-refractivity contribution in [3.63, 3.8) is 0 Å². The highest BCUT2D eigenvalue weighted by atomic mass is 16.2. The van der Waals surface area contributed by atoms with E-state index >= 15 is 0 Å². The van der Waals surface area contributed by atoms with Gasteiger partial charge in [-0.3, -0.25) is 9.59 Å². The van der Waals surface area contributed by atoms with Gasteiger partial charge in [-0.25, -0.2) is 0 Å². The van der Waals surface area contributed by atoms with Crippen LogP contribution >= 0.6 is 0 Å². The quantitative estimate of drug-likeness (QED) is 0.723. The summed E-state index contributed by atoms with van der Waals surface area (Å²) in [5, 5.41) is 6.06. The molecule has 2 aromatic rings. The number of amides is 2. The second kappa shape index (κ2) is 10.2. The van der Waals surface area contributed by atoms with Crippen molar-refractivity contribution in [1.82, 2.24) is 15.5 Å². The van der Waals surface area contributed by atoms with E-state index in [0.29, 0.717) is 6.54 Å². The number of hydrogen-bond acceptors (Lipinski definition) is 3. The third-order valence-electron chi connectivity index (χ3n) is 5.57.